The number of carboxylic acids is 1. The maximum absolute atomic E-state index is 11.9. The second-order valence-electron chi connectivity index (χ2n) is 5.04. The molecule has 2 N–H and O–H groups in total. The van der Waals surface area contributed by atoms with Gasteiger partial charge < -0.3 is 10.4 Å². The van der Waals surface area contributed by atoms with Gasteiger partial charge in [0, 0.05) is 24.4 Å². The SMILES string of the molecule is CCc1ccc(C(=O)CCC(=O)NC(C)CC(=O)O)cc1. The normalized spacial score (nSPS) is 11.7. The summed E-state index contributed by atoms with van der Waals surface area (Å²) < 4.78 is 0. The smallest absolute Gasteiger partial charge is 0.305 e. The van der Waals surface area contributed by atoms with Gasteiger partial charge in [0.1, 0.15) is 0 Å². The molecule has 0 bridgehead atoms. The molecule has 0 aromatic heterocycles. The first-order valence-corrected chi connectivity index (χ1v) is 7.05. The summed E-state index contributed by atoms with van der Waals surface area (Å²) in [4.78, 5) is 34.0. The second kappa shape index (κ2) is 8.19. The fraction of sp³-hybridized carbons (Fsp3) is 0.438. The average Bonchev–Trinajstić information content (AvgIpc) is 2.43. The van der Waals surface area contributed by atoms with Crippen LogP contribution in [0.1, 0.15) is 49.0 Å². The second-order valence-corrected chi connectivity index (χ2v) is 5.04. The van der Waals surface area contributed by atoms with Gasteiger partial charge in [-0.1, -0.05) is 31.2 Å². The van der Waals surface area contributed by atoms with Crippen LogP contribution in [0.15, 0.2) is 24.3 Å². The maximum Gasteiger partial charge on any atom is 0.305 e. The molecule has 0 aliphatic carbocycles. The molecule has 5 heteroatoms. The lowest BCUT2D eigenvalue weighted by Crippen LogP contribution is -2.34. The first kappa shape index (κ1) is 16.9. The molecule has 0 saturated carbocycles. The molecule has 0 aliphatic rings. The molecule has 0 saturated heterocycles. The van der Waals surface area contributed by atoms with Crippen molar-refractivity contribution in [1.82, 2.24) is 5.32 Å². The van der Waals surface area contributed by atoms with E-state index in [0.717, 1.165) is 12.0 Å². The van der Waals surface area contributed by atoms with Crippen LogP contribution in [0.2, 0.25) is 0 Å². The van der Waals surface area contributed by atoms with E-state index in [1.54, 1.807) is 19.1 Å². The minimum atomic E-state index is -0.963. The molecule has 0 spiro atoms. The van der Waals surface area contributed by atoms with Gasteiger partial charge in [-0.2, -0.15) is 0 Å². The number of Topliss-reactive ketones (excluding diaryl/α,β-unsaturated/α-hetero) is 1. The Morgan fingerprint density at radius 1 is 1.14 bits per heavy atom. The van der Waals surface area contributed by atoms with Crippen LogP contribution in [0.25, 0.3) is 0 Å². The van der Waals surface area contributed by atoms with Gasteiger partial charge in [0.25, 0.3) is 0 Å². The number of aliphatic carboxylic acids is 1. The predicted octanol–water partition coefficient (Wildman–Crippen LogP) is 2.19. The summed E-state index contributed by atoms with van der Waals surface area (Å²) in [6.45, 7) is 3.66. The molecule has 1 aromatic rings. The molecular formula is C16H21NO4. The van der Waals surface area contributed by atoms with E-state index in [-0.39, 0.29) is 31.0 Å². The number of carbonyl (C=O) groups excluding carboxylic acids is 2. The minimum Gasteiger partial charge on any atom is -0.481 e. The zero-order valence-corrected chi connectivity index (χ0v) is 12.4. The molecule has 1 amide bonds. The van der Waals surface area contributed by atoms with E-state index in [9.17, 15) is 14.4 Å². The summed E-state index contributed by atoms with van der Waals surface area (Å²) in [6.07, 6.45) is 0.978. The Hall–Kier alpha value is -2.17. The zero-order valence-electron chi connectivity index (χ0n) is 12.4. The lowest BCUT2D eigenvalue weighted by Gasteiger charge is -2.11. The molecule has 1 atom stereocenters. The highest BCUT2D eigenvalue weighted by molar-refractivity contribution is 5.98. The number of ketones is 1. The van der Waals surface area contributed by atoms with Gasteiger partial charge in [0.05, 0.1) is 6.42 Å². The molecule has 0 radical (unpaired) electrons. The van der Waals surface area contributed by atoms with Crippen molar-refractivity contribution in [3.8, 4) is 0 Å². The van der Waals surface area contributed by atoms with Crippen molar-refractivity contribution >= 4 is 17.7 Å². The number of benzene rings is 1. The highest BCUT2D eigenvalue weighted by atomic mass is 16.4. The number of carbonyl (C=O) groups is 3. The van der Waals surface area contributed by atoms with Crippen LogP contribution in [0, 0.1) is 0 Å². The largest absolute Gasteiger partial charge is 0.481 e. The van der Waals surface area contributed by atoms with Crippen LogP contribution >= 0.6 is 0 Å². The van der Waals surface area contributed by atoms with Crippen molar-refractivity contribution in [2.24, 2.45) is 0 Å². The van der Waals surface area contributed by atoms with Gasteiger partial charge in [-0.25, -0.2) is 0 Å². The molecule has 1 aromatic carbocycles. The number of amides is 1. The summed E-state index contributed by atoms with van der Waals surface area (Å²) in [7, 11) is 0. The van der Waals surface area contributed by atoms with Crippen LogP contribution in [0.5, 0.6) is 0 Å². The van der Waals surface area contributed by atoms with Gasteiger partial charge in [-0.15, -0.1) is 0 Å². The molecule has 5 nitrogen and oxygen atoms in total. The summed E-state index contributed by atoms with van der Waals surface area (Å²) in [5.41, 5.74) is 1.75. The average molecular weight is 291 g/mol. The maximum atomic E-state index is 11.9. The Morgan fingerprint density at radius 3 is 2.29 bits per heavy atom. The minimum absolute atomic E-state index is 0.0678. The van der Waals surface area contributed by atoms with E-state index in [0.29, 0.717) is 5.56 Å². The first-order valence-electron chi connectivity index (χ1n) is 7.05. The molecule has 1 unspecified atom stereocenters. The molecule has 114 valence electrons. The van der Waals surface area contributed by atoms with E-state index in [1.807, 2.05) is 19.1 Å². The summed E-state index contributed by atoms with van der Waals surface area (Å²) >= 11 is 0. The standard InChI is InChI=1S/C16H21NO4/c1-3-12-4-6-13(7-5-12)14(18)8-9-15(19)17-11(2)10-16(20)21/h4-7,11H,3,8-10H2,1-2H3,(H,17,19)(H,20,21). The Morgan fingerprint density at radius 2 is 1.76 bits per heavy atom. The van der Waals surface area contributed by atoms with Crippen LogP contribution in [-0.4, -0.2) is 28.8 Å². The van der Waals surface area contributed by atoms with E-state index in [4.69, 9.17) is 5.11 Å². The Balaban J connectivity index is 2.41. The van der Waals surface area contributed by atoms with E-state index in [1.165, 1.54) is 0 Å². The van der Waals surface area contributed by atoms with Crippen molar-refractivity contribution in [1.29, 1.82) is 0 Å². The van der Waals surface area contributed by atoms with Crippen molar-refractivity contribution < 1.29 is 19.5 Å². The number of aryl methyl sites for hydroxylation is 1. The molecule has 1 rings (SSSR count). The molecule has 0 fully saturated rings. The summed E-state index contributed by atoms with van der Waals surface area (Å²) in [6, 6.07) is 6.91. The monoisotopic (exact) mass is 291 g/mol. The van der Waals surface area contributed by atoms with Gasteiger partial charge in [-0.05, 0) is 18.9 Å². The van der Waals surface area contributed by atoms with Crippen LogP contribution in [-0.2, 0) is 16.0 Å². The third-order valence-corrected chi connectivity index (χ3v) is 3.15. The Bertz CT molecular complexity index is 508. The quantitative estimate of drug-likeness (QED) is 0.719. The van der Waals surface area contributed by atoms with Crippen molar-refractivity contribution in [3.63, 3.8) is 0 Å². The number of nitrogens with one attached hydrogen (secondary N) is 1. The number of carboxylic acid groups (broad SMARTS) is 1. The van der Waals surface area contributed by atoms with Gasteiger partial charge in [0.15, 0.2) is 5.78 Å². The fourth-order valence-electron chi connectivity index (χ4n) is 1.96. The van der Waals surface area contributed by atoms with E-state index in [2.05, 4.69) is 5.32 Å². The van der Waals surface area contributed by atoms with Crippen LogP contribution in [0.4, 0.5) is 0 Å². The van der Waals surface area contributed by atoms with Crippen molar-refractivity contribution in [2.75, 3.05) is 0 Å². The van der Waals surface area contributed by atoms with E-state index < -0.39 is 12.0 Å². The lowest BCUT2D eigenvalue weighted by atomic mass is 10.0. The fourth-order valence-corrected chi connectivity index (χ4v) is 1.96. The van der Waals surface area contributed by atoms with Gasteiger partial charge in [-0.3, -0.25) is 14.4 Å². The Kier molecular flexibility index (Phi) is 6.59. The summed E-state index contributed by atoms with van der Waals surface area (Å²) in [5, 5.41) is 11.2. The highest BCUT2D eigenvalue weighted by Gasteiger charge is 2.13. The topological polar surface area (TPSA) is 83.5 Å². The van der Waals surface area contributed by atoms with Crippen molar-refractivity contribution in [2.45, 2.75) is 45.6 Å². The first-order chi connectivity index (χ1) is 9.92. The zero-order chi connectivity index (χ0) is 15.8. The number of hydrogen-bond donors (Lipinski definition) is 2. The van der Waals surface area contributed by atoms with Gasteiger partial charge in [0.2, 0.25) is 5.91 Å². The lowest BCUT2D eigenvalue weighted by molar-refractivity contribution is -0.137. The molecule has 0 heterocycles. The molecule has 0 aliphatic heterocycles. The molecule has 21 heavy (non-hydrogen) atoms. The predicted molar refractivity (Wildman–Crippen MR) is 79.2 cm³/mol. The third kappa shape index (κ3) is 6.21. The third-order valence-electron chi connectivity index (χ3n) is 3.15. The highest BCUT2D eigenvalue weighted by Crippen LogP contribution is 2.09. The number of rotatable bonds is 8. The van der Waals surface area contributed by atoms with Gasteiger partial charge >= 0.3 is 5.97 Å². The van der Waals surface area contributed by atoms with Crippen molar-refractivity contribution in [3.05, 3.63) is 35.4 Å². The summed E-state index contributed by atoms with van der Waals surface area (Å²) in [5.74, 6) is -1.35. The van der Waals surface area contributed by atoms with Crippen LogP contribution in [0.3, 0.4) is 0 Å². The number of hydrogen-bond acceptors (Lipinski definition) is 3. The molecular weight excluding hydrogens is 270 g/mol. The van der Waals surface area contributed by atoms with E-state index >= 15 is 0 Å². The Labute approximate surface area is 124 Å². The van der Waals surface area contributed by atoms with Crippen LogP contribution < -0.4 is 5.32 Å².